The van der Waals surface area contributed by atoms with E-state index in [4.69, 9.17) is 10.00 Å². The van der Waals surface area contributed by atoms with Crippen molar-refractivity contribution in [2.45, 2.75) is 18.9 Å². The molecule has 1 saturated heterocycles. The van der Waals surface area contributed by atoms with Crippen molar-refractivity contribution in [2.24, 2.45) is 0 Å². The molecule has 0 amide bonds. The summed E-state index contributed by atoms with van der Waals surface area (Å²) >= 11 is 0. The molecule has 4 rings (SSSR count). The van der Waals surface area contributed by atoms with Crippen LogP contribution in [0.15, 0.2) is 48.7 Å². The number of fused-ring (bicyclic) bond motifs is 1. The lowest BCUT2D eigenvalue weighted by atomic mass is 9.96. The number of nitrogens with one attached hydrogen (secondary N) is 1. The van der Waals surface area contributed by atoms with Gasteiger partial charge in [0.05, 0.1) is 24.8 Å². The van der Waals surface area contributed by atoms with Gasteiger partial charge in [0.15, 0.2) is 0 Å². The minimum atomic E-state index is 0.191. The number of nitriles is 1. The van der Waals surface area contributed by atoms with E-state index >= 15 is 0 Å². The molecule has 1 atom stereocenters. The van der Waals surface area contributed by atoms with Crippen LogP contribution in [0.25, 0.3) is 10.9 Å². The van der Waals surface area contributed by atoms with E-state index in [-0.39, 0.29) is 6.04 Å². The highest BCUT2D eigenvalue weighted by atomic mass is 16.5. The van der Waals surface area contributed by atoms with Gasteiger partial charge in [0, 0.05) is 17.1 Å². The predicted molar refractivity (Wildman–Crippen MR) is 98.7 cm³/mol. The molecular formula is C21H21N3O. The molecule has 4 heteroatoms. The zero-order valence-electron chi connectivity index (χ0n) is 14.3. The second-order valence-electron chi connectivity index (χ2n) is 6.53. The van der Waals surface area contributed by atoms with Crippen LogP contribution in [0.1, 0.15) is 35.6 Å². The molecule has 4 nitrogen and oxygen atoms in total. The average Bonchev–Trinajstić information content (AvgIpc) is 3.33. The number of H-pyrrole nitrogens is 1. The van der Waals surface area contributed by atoms with Crippen LogP contribution in [0, 0.1) is 11.3 Å². The summed E-state index contributed by atoms with van der Waals surface area (Å²) in [5.41, 5.74) is 4.31. The molecule has 0 saturated carbocycles. The van der Waals surface area contributed by atoms with Gasteiger partial charge in [-0.05, 0) is 67.4 Å². The first-order valence-electron chi connectivity index (χ1n) is 8.69. The van der Waals surface area contributed by atoms with Gasteiger partial charge in [0.25, 0.3) is 0 Å². The van der Waals surface area contributed by atoms with Gasteiger partial charge < -0.3 is 9.72 Å². The Hall–Kier alpha value is -2.77. The lowest BCUT2D eigenvalue weighted by molar-refractivity contribution is 0.282. The molecule has 1 aliphatic rings. The summed E-state index contributed by atoms with van der Waals surface area (Å²) in [7, 11) is 1.70. The van der Waals surface area contributed by atoms with Gasteiger partial charge >= 0.3 is 0 Å². The van der Waals surface area contributed by atoms with Crippen molar-refractivity contribution in [1.29, 1.82) is 5.26 Å². The molecule has 1 N–H and O–H groups in total. The molecule has 0 aliphatic carbocycles. The van der Waals surface area contributed by atoms with Crippen molar-refractivity contribution in [1.82, 2.24) is 9.88 Å². The van der Waals surface area contributed by atoms with Crippen molar-refractivity contribution < 1.29 is 4.74 Å². The number of aromatic nitrogens is 1. The van der Waals surface area contributed by atoms with Crippen molar-refractivity contribution in [2.75, 3.05) is 20.2 Å². The van der Waals surface area contributed by atoms with Gasteiger partial charge in [0.2, 0.25) is 0 Å². The summed E-state index contributed by atoms with van der Waals surface area (Å²) in [6, 6.07) is 16.5. The molecule has 0 bridgehead atoms. The fourth-order valence-electron chi connectivity index (χ4n) is 3.80. The highest BCUT2D eigenvalue weighted by Crippen LogP contribution is 2.36. The fourth-order valence-corrected chi connectivity index (χ4v) is 3.80. The zero-order chi connectivity index (χ0) is 17.2. The number of ether oxygens (including phenoxy) is 1. The Morgan fingerprint density at radius 3 is 2.56 bits per heavy atom. The van der Waals surface area contributed by atoms with Crippen LogP contribution in [0.2, 0.25) is 0 Å². The largest absolute Gasteiger partial charge is 0.497 e. The number of benzene rings is 2. The van der Waals surface area contributed by atoms with Gasteiger partial charge in [-0.15, -0.1) is 0 Å². The van der Waals surface area contributed by atoms with E-state index in [0.29, 0.717) is 5.56 Å². The molecule has 1 unspecified atom stereocenters. The van der Waals surface area contributed by atoms with Crippen molar-refractivity contribution in [3.8, 4) is 11.8 Å². The highest BCUT2D eigenvalue weighted by molar-refractivity contribution is 5.85. The molecule has 126 valence electrons. The standard InChI is InChI=1S/C21H21N3O/c1-25-17-8-9-20-18(12-17)19(14-23-20)21(24-10-2-3-11-24)16-6-4-15(13-22)5-7-16/h4-9,12,14,21,23H,2-3,10-11H2,1H3. The van der Waals surface area contributed by atoms with E-state index < -0.39 is 0 Å². The number of likely N-dealkylation sites (tertiary alicyclic amines) is 1. The number of methoxy groups -OCH3 is 1. The van der Waals surface area contributed by atoms with Crippen molar-refractivity contribution >= 4 is 10.9 Å². The SMILES string of the molecule is COc1ccc2[nH]cc(C(c3ccc(C#N)cc3)N3CCCC3)c2c1. The number of rotatable bonds is 4. The molecule has 1 aromatic heterocycles. The lowest BCUT2D eigenvalue weighted by Gasteiger charge is -2.28. The quantitative estimate of drug-likeness (QED) is 0.778. The molecule has 1 aliphatic heterocycles. The first-order valence-corrected chi connectivity index (χ1v) is 8.69. The Morgan fingerprint density at radius 2 is 1.88 bits per heavy atom. The zero-order valence-corrected chi connectivity index (χ0v) is 14.3. The number of nitrogens with zero attached hydrogens (tertiary/aromatic N) is 2. The summed E-state index contributed by atoms with van der Waals surface area (Å²) in [5, 5.41) is 10.3. The minimum absolute atomic E-state index is 0.191. The van der Waals surface area contributed by atoms with Crippen LogP contribution in [-0.4, -0.2) is 30.1 Å². The van der Waals surface area contributed by atoms with E-state index in [0.717, 1.165) is 24.4 Å². The van der Waals surface area contributed by atoms with Crippen LogP contribution in [0.5, 0.6) is 5.75 Å². The monoisotopic (exact) mass is 331 g/mol. The first kappa shape index (κ1) is 15.7. The summed E-state index contributed by atoms with van der Waals surface area (Å²) < 4.78 is 5.42. The van der Waals surface area contributed by atoms with Gasteiger partial charge in [-0.25, -0.2) is 0 Å². The summed E-state index contributed by atoms with van der Waals surface area (Å²) in [4.78, 5) is 5.93. The molecule has 1 fully saturated rings. The van der Waals surface area contributed by atoms with Gasteiger partial charge in [0.1, 0.15) is 5.75 Å². The third-order valence-corrected chi connectivity index (χ3v) is 5.08. The topological polar surface area (TPSA) is 52.1 Å². The Bertz CT molecular complexity index is 914. The maximum Gasteiger partial charge on any atom is 0.119 e. The molecule has 3 aromatic rings. The maximum atomic E-state index is 9.08. The average molecular weight is 331 g/mol. The van der Waals surface area contributed by atoms with Crippen molar-refractivity contribution in [3.05, 3.63) is 65.4 Å². The Kier molecular flexibility index (Phi) is 4.17. The Morgan fingerprint density at radius 1 is 1.12 bits per heavy atom. The van der Waals surface area contributed by atoms with Crippen LogP contribution in [0.3, 0.4) is 0 Å². The molecule has 0 spiro atoms. The Labute approximate surface area is 147 Å². The third-order valence-electron chi connectivity index (χ3n) is 5.08. The molecule has 2 heterocycles. The van der Waals surface area contributed by atoms with Gasteiger partial charge in [-0.3, -0.25) is 4.90 Å². The van der Waals surface area contributed by atoms with E-state index in [9.17, 15) is 0 Å². The fraction of sp³-hybridized carbons (Fsp3) is 0.286. The normalized spacial score (nSPS) is 16.0. The van der Waals surface area contributed by atoms with Crippen molar-refractivity contribution in [3.63, 3.8) is 0 Å². The molecule has 25 heavy (non-hydrogen) atoms. The Balaban J connectivity index is 1.84. The van der Waals surface area contributed by atoms with E-state index in [1.807, 2.05) is 18.2 Å². The van der Waals surface area contributed by atoms with E-state index in [1.165, 1.54) is 29.4 Å². The number of hydrogen-bond acceptors (Lipinski definition) is 3. The van der Waals surface area contributed by atoms with E-state index in [2.05, 4.69) is 46.4 Å². The molecule has 2 aromatic carbocycles. The highest BCUT2D eigenvalue weighted by Gasteiger charge is 2.27. The van der Waals surface area contributed by atoms with Crippen LogP contribution >= 0.6 is 0 Å². The predicted octanol–water partition coefficient (Wildman–Crippen LogP) is 4.23. The maximum absolute atomic E-state index is 9.08. The smallest absolute Gasteiger partial charge is 0.119 e. The van der Waals surface area contributed by atoms with Crippen LogP contribution < -0.4 is 4.74 Å². The molecular weight excluding hydrogens is 310 g/mol. The summed E-state index contributed by atoms with van der Waals surface area (Å²) in [6.45, 7) is 2.20. The van der Waals surface area contributed by atoms with E-state index in [1.54, 1.807) is 7.11 Å². The molecule has 0 radical (unpaired) electrons. The second kappa shape index (κ2) is 6.62. The number of hydrogen-bond donors (Lipinski definition) is 1. The van der Waals surface area contributed by atoms with Gasteiger partial charge in [-0.1, -0.05) is 12.1 Å². The van der Waals surface area contributed by atoms with Crippen LogP contribution in [-0.2, 0) is 0 Å². The van der Waals surface area contributed by atoms with Crippen LogP contribution in [0.4, 0.5) is 0 Å². The number of aromatic amines is 1. The second-order valence-corrected chi connectivity index (χ2v) is 6.53. The van der Waals surface area contributed by atoms with Gasteiger partial charge in [-0.2, -0.15) is 5.26 Å². The third kappa shape index (κ3) is 2.88. The lowest BCUT2D eigenvalue weighted by Crippen LogP contribution is -2.26. The summed E-state index contributed by atoms with van der Waals surface area (Å²) in [6.07, 6.45) is 4.59. The summed E-state index contributed by atoms with van der Waals surface area (Å²) in [5.74, 6) is 0.869. The first-order chi connectivity index (χ1) is 12.3. The minimum Gasteiger partial charge on any atom is -0.497 e.